The van der Waals surface area contributed by atoms with Gasteiger partial charge in [0.05, 0.1) is 0 Å². The van der Waals surface area contributed by atoms with Crippen LogP contribution in [0.25, 0.3) is 0 Å². The SMILES string of the molecule is C[CH2][Pb]([CH2]C)([CH2]C)[C](F)(F)F. The molecule has 0 rings (SSSR count). The van der Waals surface area contributed by atoms with Crippen molar-refractivity contribution >= 4 is 21.2 Å². The zero-order chi connectivity index (χ0) is 9.12. The van der Waals surface area contributed by atoms with Crippen LogP contribution in [0.2, 0.25) is 11.9 Å². The Kier molecular flexibility index (Phi) is 4.36. The Balaban J connectivity index is 4.54. The minimum atomic E-state index is -3.81. The Hall–Kier alpha value is 0.712. The van der Waals surface area contributed by atoms with Crippen molar-refractivity contribution in [2.45, 2.75) is 36.4 Å². The molecule has 0 N–H and O–H groups in total. The summed E-state index contributed by atoms with van der Waals surface area (Å²) in [7, 11) is 0. The second-order valence-electron chi connectivity index (χ2n) is 2.84. The molecule has 0 aromatic heterocycles. The first-order valence-corrected chi connectivity index (χ1v) is 14.2. The van der Waals surface area contributed by atoms with Crippen molar-refractivity contribution in [1.29, 1.82) is 0 Å². The summed E-state index contributed by atoms with van der Waals surface area (Å²) in [6.45, 7) is 5.09. The van der Waals surface area contributed by atoms with E-state index in [2.05, 4.69) is 0 Å². The zero-order valence-corrected chi connectivity index (χ0v) is 11.1. The van der Waals surface area contributed by atoms with Crippen LogP contribution in [0.4, 0.5) is 13.2 Å². The van der Waals surface area contributed by atoms with E-state index in [1.807, 2.05) is 0 Å². The van der Waals surface area contributed by atoms with Gasteiger partial charge in [-0.15, -0.1) is 0 Å². The Labute approximate surface area is 70.8 Å². The normalized spacial score (nSPS) is 13.6. The van der Waals surface area contributed by atoms with Crippen LogP contribution in [0.1, 0.15) is 20.8 Å². The molecule has 0 amide bonds. The molecule has 0 saturated carbocycles. The molecule has 4 heteroatoms. The van der Waals surface area contributed by atoms with Crippen molar-refractivity contribution in [2.75, 3.05) is 0 Å². The summed E-state index contributed by atoms with van der Waals surface area (Å²) in [4.78, 5) is 0. The van der Waals surface area contributed by atoms with Crippen molar-refractivity contribution in [3.8, 4) is 0 Å². The van der Waals surface area contributed by atoms with Gasteiger partial charge in [0, 0.05) is 0 Å². The van der Waals surface area contributed by atoms with E-state index in [0.717, 1.165) is 0 Å². The molecule has 0 saturated heterocycles. The quantitative estimate of drug-likeness (QED) is 0.672. The van der Waals surface area contributed by atoms with Gasteiger partial charge in [-0.05, 0) is 0 Å². The minimum absolute atomic E-state index is 0.406. The van der Waals surface area contributed by atoms with Crippen molar-refractivity contribution in [2.24, 2.45) is 0 Å². The van der Waals surface area contributed by atoms with Gasteiger partial charge in [-0.25, -0.2) is 0 Å². The van der Waals surface area contributed by atoms with Gasteiger partial charge < -0.3 is 0 Å². The monoisotopic (exact) mass is 364 g/mol. The van der Waals surface area contributed by atoms with E-state index >= 15 is 0 Å². The Morgan fingerprint density at radius 2 is 1.18 bits per heavy atom. The first-order valence-electron chi connectivity index (χ1n) is 4.00. The van der Waals surface area contributed by atoms with Crippen molar-refractivity contribution < 1.29 is 13.2 Å². The van der Waals surface area contributed by atoms with Crippen LogP contribution in [-0.2, 0) is 0 Å². The topological polar surface area (TPSA) is 0 Å². The zero-order valence-electron chi connectivity index (χ0n) is 7.26. The van der Waals surface area contributed by atoms with Gasteiger partial charge in [0.25, 0.3) is 0 Å². The standard InChI is InChI=1S/3C2H5.CF3.Pb/c3*1-2;2-1(3)4;/h3*1H2,2H3;;. The Morgan fingerprint density at radius 3 is 1.18 bits per heavy atom. The summed E-state index contributed by atoms with van der Waals surface area (Å²) in [6, 6.07) is 0. The average molecular weight is 363 g/mol. The molecular weight excluding hydrogens is 348 g/mol. The number of hydrogen-bond acceptors (Lipinski definition) is 0. The second kappa shape index (κ2) is 4.09. The van der Waals surface area contributed by atoms with Crippen LogP contribution >= 0.6 is 0 Å². The van der Waals surface area contributed by atoms with E-state index < -0.39 is 24.9 Å². The van der Waals surface area contributed by atoms with Crippen LogP contribution < -0.4 is 0 Å². The number of rotatable bonds is 3. The number of halogens is 3. The molecule has 0 bridgehead atoms. The van der Waals surface area contributed by atoms with Crippen molar-refractivity contribution in [3.63, 3.8) is 0 Å². The molecule has 11 heavy (non-hydrogen) atoms. The average Bonchev–Trinajstić information content (AvgIpc) is 1.90. The van der Waals surface area contributed by atoms with Crippen LogP contribution in [0.15, 0.2) is 0 Å². The Bertz CT molecular complexity index is 107. The molecule has 0 aromatic carbocycles. The number of hydrogen-bond donors (Lipinski definition) is 0. The van der Waals surface area contributed by atoms with Gasteiger partial charge in [-0.2, -0.15) is 0 Å². The van der Waals surface area contributed by atoms with Crippen molar-refractivity contribution in [1.82, 2.24) is 0 Å². The molecule has 0 heterocycles. The van der Waals surface area contributed by atoms with Crippen LogP contribution in [0.5, 0.6) is 0 Å². The fraction of sp³-hybridized carbons (Fsp3) is 1.00. The third kappa shape index (κ3) is 2.32. The van der Waals surface area contributed by atoms with E-state index in [0.29, 0.717) is 11.9 Å². The molecule has 0 aromatic rings. The third-order valence-corrected chi connectivity index (χ3v) is 23.1. The fourth-order valence-corrected chi connectivity index (χ4v) is 11.9. The molecule has 68 valence electrons. The van der Waals surface area contributed by atoms with Crippen molar-refractivity contribution in [3.05, 3.63) is 0 Å². The van der Waals surface area contributed by atoms with E-state index in [1.54, 1.807) is 20.8 Å². The second-order valence-corrected chi connectivity index (χ2v) is 23.2. The predicted octanol–water partition coefficient (Wildman–Crippen LogP) is 3.60. The molecular formula is C7H15F3Pb. The van der Waals surface area contributed by atoms with Gasteiger partial charge in [0.1, 0.15) is 0 Å². The molecule has 0 unspecified atom stereocenters. The van der Waals surface area contributed by atoms with E-state index in [4.69, 9.17) is 0 Å². The molecule has 0 aliphatic heterocycles. The molecule has 0 fully saturated rings. The summed E-state index contributed by atoms with van der Waals surface area (Å²) < 4.78 is 34.8. The van der Waals surface area contributed by atoms with Gasteiger partial charge in [-0.1, -0.05) is 0 Å². The summed E-state index contributed by atoms with van der Waals surface area (Å²) in [5.41, 5.74) is 0. The third-order valence-electron chi connectivity index (χ3n) is 2.63. The maximum atomic E-state index is 12.5. The van der Waals surface area contributed by atoms with Crippen LogP contribution in [0, 0.1) is 0 Å². The first-order chi connectivity index (χ1) is 4.93. The van der Waals surface area contributed by atoms with E-state index in [-0.39, 0.29) is 0 Å². The van der Waals surface area contributed by atoms with Gasteiger partial charge in [-0.3, -0.25) is 0 Å². The van der Waals surface area contributed by atoms with Gasteiger partial charge >= 0.3 is 70.8 Å². The molecule has 0 atom stereocenters. The van der Waals surface area contributed by atoms with Crippen LogP contribution in [0.3, 0.4) is 0 Å². The van der Waals surface area contributed by atoms with Crippen LogP contribution in [-0.4, -0.2) is 24.9 Å². The van der Waals surface area contributed by atoms with E-state index in [9.17, 15) is 13.2 Å². The fourth-order valence-electron chi connectivity index (χ4n) is 1.35. The summed E-state index contributed by atoms with van der Waals surface area (Å²) in [5, 5.41) is 0. The predicted molar refractivity (Wildman–Crippen MR) is 43.3 cm³/mol. The molecule has 0 aliphatic rings. The molecule has 0 aliphatic carbocycles. The first kappa shape index (κ1) is 11.7. The number of alkyl halides is 3. The summed E-state index contributed by atoms with van der Waals surface area (Å²) in [5.74, 6) is 0. The van der Waals surface area contributed by atoms with Gasteiger partial charge in [0.2, 0.25) is 0 Å². The summed E-state index contributed by atoms with van der Waals surface area (Å²) >= 11 is -3.81. The summed E-state index contributed by atoms with van der Waals surface area (Å²) in [6.07, 6.45) is 0. The van der Waals surface area contributed by atoms with E-state index in [1.165, 1.54) is 0 Å². The molecule has 0 nitrogen and oxygen atoms in total. The maximum absolute atomic E-state index is 12.5. The molecule has 0 radical (unpaired) electrons. The molecule has 0 spiro atoms. The van der Waals surface area contributed by atoms with Gasteiger partial charge in [0.15, 0.2) is 0 Å². The Morgan fingerprint density at radius 1 is 0.909 bits per heavy atom.